The molecule has 0 radical (unpaired) electrons. The topological polar surface area (TPSA) is 157 Å². The van der Waals surface area contributed by atoms with Gasteiger partial charge in [0, 0.05) is 11.6 Å². The fraction of sp³-hybridized carbons (Fsp3) is 0.286. The first-order valence-electron chi connectivity index (χ1n) is 10.4. The monoisotopic (exact) mass is 432 g/mol. The van der Waals surface area contributed by atoms with E-state index in [1.807, 2.05) is 24.3 Å². The molecule has 1 saturated carbocycles. The molecule has 11 nitrogen and oxygen atoms in total. The lowest BCUT2D eigenvalue weighted by Crippen LogP contribution is -2.28. The summed E-state index contributed by atoms with van der Waals surface area (Å²) in [4.78, 5) is 30.1. The standard InChI is InChI=1S/C21H20N8O3/c30-15-8-10-3-1-2-4-13(10)16(15)25-19-26-17-11(7-14-18(31)27-21(32)24-14)9-22-29(17)20(28-19)23-12-5-6-12/h1-4,7,9,12,15-16,30-31H,5-6,8H2,(H,23,25,28)(H2,24,27,32)/t15-,16+/m0/s1. The Morgan fingerprint density at radius 3 is 2.84 bits per heavy atom. The molecule has 0 aliphatic heterocycles. The molecule has 0 saturated heterocycles. The third-order valence-electron chi connectivity index (χ3n) is 5.75. The van der Waals surface area contributed by atoms with Gasteiger partial charge in [-0.05, 0) is 30.0 Å². The number of aromatic nitrogens is 6. The number of rotatable bonds is 4. The molecule has 2 aliphatic rings. The third kappa shape index (κ3) is 3.23. The van der Waals surface area contributed by atoms with Gasteiger partial charge in [-0.2, -0.15) is 19.6 Å². The molecule has 11 heteroatoms. The molecule has 2 atom stereocenters. The number of nitrogens with zero attached hydrogens (tertiary/aromatic N) is 5. The van der Waals surface area contributed by atoms with Crippen molar-refractivity contribution >= 4 is 17.7 Å². The highest BCUT2D eigenvalue weighted by atomic mass is 16.3. The molecular weight excluding hydrogens is 412 g/mol. The average molecular weight is 432 g/mol. The van der Waals surface area contributed by atoms with Crippen LogP contribution in [0.3, 0.4) is 0 Å². The number of aromatic amines is 2. The van der Waals surface area contributed by atoms with Crippen molar-refractivity contribution < 1.29 is 10.2 Å². The number of imidazole rings is 1. The zero-order chi connectivity index (χ0) is 21.8. The summed E-state index contributed by atoms with van der Waals surface area (Å²) in [5, 5.41) is 28.7. The molecule has 5 N–H and O–H groups in total. The van der Waals surface area contributed by atoms with Crippen LogP contribution in [0.25, 0.3) is 11.7 Å². The fourth-order valence-corrected chi connectivity index (χ4v) is 4.03. The lowest BCUT2D eigenvalue weighted by molar-refractivity contribution is 0.165. The van der Waals surface area contributed by atoms with E-state index >= 15 is 0 Å². The number of hydrogen-bond acceptors (Lipinski definition) is 8. The van der Waals surface area contributed by atoms with Gasteiger partial charge in [-0.3, -0.25) is 4.98 Å². The second-order valence-electron chi connectivity index (χ2n) is 8.12. The summed E-state index contributed by atoms with van der Waals surface area (Å²) in [5.74, 6) is 0.0509. The highest BCUT2D eigenvalue weighted by molar-refractivity contribution is 5.57. The average Bonchev–Trinajstić information content (AvgIpc) is 3.29. The minimum atomic E-state index is -0.603. The van der Waals surface area contributed by atoms with Gasteiger partial charge < -0.3 is 20.5 Å². The summed E-state index contributed by atoms with van der Waals surface area (Å²) in [6.07, 6.45) is 5.11. The molecule has 0 amide bonds. The number of hydrogen-bond donors (Lipinski definition) is 5. The van der Waals surface area contributed by atoms with Crippen LogP contribution in [0.2, 0.25) is 0 Å². The van der Waals surface area contributed by atoms with Crippen LogP contribution >= 0.6 is 0 Å². The fourth-order valence-electron chi connectivity index (χ4n) is 4.03. The van der Waals surface area contributed by atoms with Crippen molar-refractivity contribution in [2.75, 3.05) is 5.32 Å². The third-order valence-corrected chi connectivity index (χ3v) is 5.75. The Bertz CT molecular complexity index is 1510. The minimum Gasteiger partial charge on any atom is -0.493 e. The summed E-state index contributed by atoms with van der Waals surface area (Å²) in [6.45, 7) is 0. The molecule has 0 bridgehead atoms. The Hall–Kier alpha value is -3.99. The smallest absolute Gasteiger partial charge is 0.326 e. The van der Waals surface area contributed by atoms with E-state index in [1.165, 1.54) is 4.52 Å². The highest BCUT2D eigenvalue weighted by Gasteiger charge is 2.31. The summed E-state index contributed by atoms with van der Waals surface area (Å²) < 4.78 is 1.54. The first kappa shape index (κ1) is 18.8. The zero-order valence-electron chi connectivity index (χ0n) is 16.9. The van der Waals surface area contributed by atoms with Crippen LogP contribution in [-0.2, 0) is 6.42 Å². The largest absolute Gasteiger partial charge is 0.493 e. The summed E-state index contributed by atoms with van der Waals surface area (Å²) in [7, 11) is 0. The van der Waals surface area contributed by atoms with Crippen LogP contribution in [-0.4, -0.2) is 51.9 Å². The quantitative estimate of drug-likeness (QED) is 0.292. The van der Waals surface area contributed by atoms with Gasteiger partial charge in [-0.25, -0.2) is 9.79 Å². The van der Waals surface area contributed by atoms with Crippen molar-refractivity contribution in [1.29, 1.82) is 0 Å². The highest BCUT2D eigenvalue weighted by Crippen LogP contribution is 2.33. The first-order valence-corrected chi connectivity index (χ1v) is 10.4. The second kappa shape index (κ2) is 7.02. The van der Waals surface area contributed by atoms with Gasteiger partial charge in [0.25, 0.3) is 5.62 Å². The molecule has 0 spiro atoms. The van der Waals surface area contributed by atoms with E-state index in [4.69, 9.17) is 0 Å². The molecule has 3 aromatic heterocycles. The molecule has 162 valence electrons. The maximum absolute atomic E-state index is 11.5. The Labute approximate surface area is 180 Å². The van der Waals surface area contributed by atoms with Crippen molar-refractivity contribution in [3.8, 4) is 5.88 Å². The number of benzene rings is 1. The van der Waals surface area contributed by atoms with Crippen molar-refractivity contribution in [2.24, 2.45) is 4.99 Å². The Morgan fingerprint density at radius 2 is 2.06 bits per heavy atom. The first-order chi connectivity index (χ1) is 15.5. The van der Waals surface area contributed by atoms with E-state index in [-0.39, 0.29) is 23.7 Å². The van der Waals surface area contributed by atoms with Gasteiger partial charge in [-0.15, -0.1) is 0 Å². The maximum atomic E-state index is 11.5. The van der Waals surface area contributed by atoms with E-state index in [0.29, 0.717) is 28.9 Å². The zero-order valence-corrected chi connectivity index (χ0v) is 16.9. The number of fused-ring (bicyclic) bond motifs is 2. The summed E-state index contributed by atoms with van der Waals surface area (Å²) in [5.41, 5.74) is 2.68. The minimum absolute atomic E-state index is 0.209. The molecule has 32 heavy (non-hydrogen) atoms. The van der Waals surface area contributed by atoms with Crippen molar-refractivity contribution in [3.05, 3.63) is 68.6 Å². The predicted molar refractivity (Wildman–Crippen MR) is 114 cm³/mol. The lowest BCUT2D eigenvalue weighted by atomic mass is 10.1. The van der Waals surface area contributed by atoms with Crippen molar-refractivity contribution in [1.82, 2.24) is 29.5 Å². The van der Waals surface area contributed by atoms with Gasteiger partial charge in [0.1, 0.15) is 5.69 Å². The van der Waals surface area contributed by atoms with Gasteiger partial charge >= 0.3 is 5.69 Å². The number of anilines is 1. The number of aliphatic hydroxyl groups is 1. The van der Waals surface area contributed by atoms with Crippen LogP contribution in [0, 0.1) is 0 Å². The number of aromatic hydroxyl groups is 1. The van der Waals surface area contributed by atoms with Crippen LogP contribution in [0.5, 0.6) is 5.88 Å². The Kier molecular flexibility index (Phi) is 4.12. The van der Waals surface area contributed by atoms with Gasteiger partial charge in [0.15, 0.2) is 5.65 Å². The van der Waals surface area contributed by atoms with E-state index in [1.54, 1.807) is 12.3 Å². The van der Waals surface area contributed by atoms with E-state index < -0.39 is 11.8 Å². The van der Waals surface area contributed by atoms with E-state index in [0.717, 1.165) is 24.0 Å². The molecule has 0 unspecified atom stereocenters. The predicted octanol–water partition coefficient (Wildman–Crippen LogP) is -0.473. The molecule has 1 fully saturated rings. The lowest BCUT2D eigenvalue weighted by Gasteiger charge is -2.17. The molecule has 4 aromatic rings. The van der Waals surface area contributed by atoms with Crippen LogP contribution < -0.4 is 21.8 Å². The normalized spacial score (nSPS) is 21.4. The molecular formula is C21H20N8O3. The van der Waals surface area contributed by atoms with Crippen LogP contribution in [0.4, 0.5) is 5.95 Å². The second-order valence-corrected chi connectivity index (χ2v) is 8.12. The number of nitrogens with one attached hydrogen (secondary N) is 3. The van der Waals surface area contributed by atoms with Crippen LogP contribution in [0.1, 0.15) is 35.7 Å². The summed E-state index contributed by atoms with van der Waals surface area (Å²) in [6, 6.07) is 7.76. The van der Waals surface area contributed by atoms with Gasteiger partial charge in [-0.1, -0.05) is 24.3 Å². The Balaban J connectivity index is 1.49. The number of H-pyrrole nitrogens is 2. The van der Waals surface area contributed by atoms with Gasteiger partial charge in [0.05, 0.1) is 24.4 Å². The number of aliphatic hydroxyl groups excluding tert-OH is 1. The molecule has 1 aromatic carbocycles. The van der Waals surface area contributed by atoms with Crippen molar-refractivity contribution in [2.45, 2.75) is 37.5 Å². The van der Waals surface area contributed by atoms with Crippen molar-refractivity contribution in [3.63, 3.8) is 0 Å². The Morgan fingerprint density at radius 1 is 1.22 bits per heavy atom. The molecule has 2 aliphatic carbocycles. The maximum Gasteiger partial charge on any atom is 0.326 e. The van der Waals surface area contributed by atoms with Gasteiger partial charge in [0.2, 0.25) is 11.8 Å². The summed E-state index contributed by atoms with van der Waals surface area (Å²) >= 11 is 0. The van der Waals surface area contributed by atoms with Crippen LogP contribution in [0.15, 0.2) is 40.2 Å². The van der Waals surface area contributed by atoms with E-state index in [2.05, 4.69) is 35.3 Å². The SMILES string of the molecule is O=c1[nH]c(O)c(C=c2cnn3c(=NC4CC4)nc(N[C@@H]4c5ccccc5C[C@@H]4O)nc23)[nH]1. The molecule has 3 heterocycles. The van der Waals surface area contributed by atoms with E-state index in [9.17, 15) is 15.0 Å². The molecule has 6 rings (SSSR count).